The second-order valence-corrected chi connectivity index (χ2v) is 27.4. The molecule has 0 saturated carbocycles. The number of hydrogen-bond donors (Lipinski definition) is 3. The lowest BCUT2D eigenvalue weighted by Crippen LogP contribution is -2.45. The van der Waals surface area contributed by atoms with Crippen LogP contribution in [0.4, 0.5) is 0 Å². The number of ether oxygens (including phenoxy) is 1. The van der Waals surface area contributed by atoms with E-state index in [9.17, 15) is 19.8 Å². The third-order valence-corrected chi connectivity index (χ3v) is 18.8. The van der Waals surface area contributed by atoms with Gasteiger partial charge in [0.15, 0.2) is 0 Å². The fourth-order valence-electron chi connectivity index (χ4n) is 12.7. The van der Waals surface area contributed by atoms with Crippen LogP contribution in [0.2, 0.25) is 0 Å². The van der Waals surface area contributed by atoms with Gasteiger partial charge in [0.25, 0.3) is 0 Å². The molecule has 2 atom stereocenters. The van der Waals surface area contributed by atoms with Crippen LogP contribution < -0.4 is 5.32 Å². The molecular formula is C80H155NO5. The zero-order chi connectivity index (χ0) is 62.0. The van der Waals surface area contributed by atoms with E-state index in [0.29, 0.717) is 25.9 Å². The summed E-state index contributed by atoms with van der Waals surface area (Å²) < 4.78 is 5.50. The summed E-state index contributed by atoms with van der Waals surface area (Å²) >= 11 is 0. The molecule has 0 radical (unpaired) electrons. The zero-order valence-electron chi connectivity index (χ0n) is 58.6. The molecule has 0 aliphatic carbocycles. The maximum absolute atomic E-state index is 12.6. The number of amides is 1. The van der Waals surface area contributed by atoms with Crippen LogP contribution in [-0.2, 0) is 14.3 Å². The van der Waals surface area contributed by atoms with E-state index in [1.165, 1.54) is 372 Å². The Balaban J connectivity index is 3.36. The number of aliphatic hydroxyl groups excluding tert-OH is 2. The molecule has 0 heterocycles. The van der Waals surface area contributed by atoms with E-state index in [1.54, 1.807) is 0 Å². The number of carbonyl (C=O) groups is 2. The molecule has 6 nitrogen and oxygen atoms in total. The third-order valence-electron chi connectivity index (χ3n) is 18.8. The minimum Gasteiger partial charge on any atom is -0.466 e. The second kappa shape index (κ2) is 75.8. The minimum atomic E-state index is -0.663. The van der Waals surface area contributed by atoms with Gasteiger partial charge in [-0.25, -0.2) is 0 Å². The van der Waals surface area contributed by atoms with E-state index >= 15 is 0 Å². The average Bonchev–Trinajstić information content (AvgIpc) is 3.58. The van der Waals surface area contributed by atoms with E-state index in [0.717, 1.165) is 44.9 Å². The fraction of sp³-hybridized carbons (Fsp3) is 0.925. The number of allylic oxidation sites excluding steroid dienone is 4. The van der Waals surface area contributed by atoms with Gasteiger partial charge in [0.05, 0.1) is 25.4 Å². The van der Waals surface area contributed by atoms with Gasteiger partial charge in [-0.3, -0.25) is 9.59 Å². The standard InChI is InChI=1S/C80H155NO5/c1-3-5-7-9-11-13-15-17-19-20-21-39-42-45-48-52-56-60-64-68-72-78(83)77(76-82)81-79(84)73-69-65-61-57-53-49-46-43-40-37-35-33-31-29-27-25-23-22-24-26-28-30-32-34-36-38-41-44-47-51-55-59-63-67-71-75-86-80(85)74-70-66-62-58-54-50-18-16-14-12-10-8-6-4-2/h24,26,30,32,77-78,82-83H,3-23,25,27-29,31,33-76H2,1-2H3,(H,81,84)/b26-24-,32-30-. The molecule has 0 spiro atoms. The van der Waals surface area contributed by atoms with Crippen LogP contribution >= 0.6 is 0 Å². The Labute approximate surface area is 539 Å². The summed E-state index contributed by atoms with van der Waals surface area (Å²) in [4.78, 5) is 24.6. The summed E-state index contributed by atoms with van der Waals surface area (Å²) in [6, 6.07) is -0.540. The first kappa shape index (κ1) is 84.3. The summed E-state index contributed by atoms with van der Waals surface area (Å²) in [5, 5.41) is 23.4. The van der Waals surface area contributed by atoms with Crippen molar-refractivity contribution in [2.24, 2.45) is 0 Å². The molecule has 1 amide bonds. The first-order valence-corrected chi connectivity index (χ1v) is 39.6. The number of hydrogen-bond acceptors (Lipinski definition) is 5. The van der Waals surface area contributed by atoms with Crippen LogP contribution in [0.3, 0.4) is 0 Å². The number of aliphatic hydroxyl groups is 2. The number of rotatable bonds is 75. The van der Waals surface area contributed by atoms with Crippen molar-refractivity contribution >= 4 is 11.9 Å². The Morgan fingerprint density at radius 3 is 0.884 bits per heavy atom. The van der Waals surface area contributed by atoms with Crippen molar-refractivity contribution in [3.63, 3.8) is 0 Å². The van der Waals surface area contributed by atoms with Crippen LogP contribution in [0.15, 0.2) is 24.3 Å². The Kier molecular flexibility index (Phi) is 74.3. The molecule has 510 valence electrons. The summed E-state index contributed by atoms with van der Waals surface area (Å²) in [6.07, 6.45) is 97.0. The molecule has 6 heteroatoms. The van der Waals surface area contributed by atoms with Crippen molar-refractivity contribution in [1.29, 1.82) is 0 Å². The first-order chi connectivity index (χ1) is 42.5. The number of esters is 1. The highest BCUT2D eigenvalue weighted by Crippen LogP contribution is 2.20. The van der Waals surface area contributed by atoms with Crippen molar-refractivity contribution in [3.8, 4) is 0 Å². The smallest absolute Gasteiger partial charge is 0.305 e. The Bertz CT molecular complexity index is 1350. The van der Waals surface area contributed by atoms with E-state index in [2.05, 4.69) is 43.5 Å². The Morgan fingerprint density at radius 2 is 0.581 bits per heavy atom. The maximum Gasteiger partial charge on any atom is 0.305 e. The average molecular weight is 1210 g/mol. The molecular weight excluding hydrogens is 1050 g/mol. The lowest BCUT2D eigenvalue weighted by atomic mass is 10.0. The highest BCUT2D eigenvalue weighted by molar-refractivity contribution is 5.76. The van der Waals surface area contributed by atoms with Gasteiger partial charge in [0.2, 0.25) is 5.91 Å². The lowest BCUT2D eigenvalue weighted by Gasteiger charge is -2.22. The molecule has 2 unspecified atom stereocenters. The van der Waals surface area contributed by atoms with Crippen LogP contribution in [0, 0.1) is 0 Å². The fourth-order valence-corrected chi connectivity index (χ4v) is 12.7. The normalized spacial score (nSPS) is 12.6. The quantitative estimate of drug-likeness (QED) is 0.0320. The molecule has 0 fully saturated rings. The summed E-state index contributed by atoms with van der Waals surface area (Å²) in [5.74, 6) is -0.00756. The molecule has 0 aliphatic heterocycles. The molecule has 0 aromatic heterocycles. The predicted octanol–water partition coefficient (Wildman–Crippen LogP) is 26.0. The Hall–Kier alpha value is -1.66. The number of nitrogens with one attached hydrogen (secondary N) is 1. The zero-order valence-corrected chi connectivity index (χ0v) is 58.6. The van der Waals surface area contributed by atoms with Crippen LogP contribution in [0.25, 0.3) is 0 Å². The summed E-state index contributed by atoms with van der Waals surface area (Å²) in [7, 11) is 0. The highest BCUT2D eigenvalue weighted by atomic mass is 16.5. The third kappa shape index (κ3) is 71.4. The van der Waals surface area contributed by atoms with Gasteiger partial charge in [0, 0.05) is 12.8 Å². The van der Waals surface area contributed by atoms with Crippen molar-refractivity contribution < 1.29 is 24.5 Å². The van der Waals surface area contributed by atoms with E-state index < -0.39 is 12.1 Å². The number of carbonyl (C=O) groups excluding carboxylic acids is 2. The van der Waals surface area contributed by atoms with Gasteiger partial charge in [-0.1, -0.05) is 404 Å². The molecule has 0 saturated heterocycles. The van der Waals surface area contributed by atoms with Crippen molar-refractivity contribution in [1.82, 2.24) is 5.32 Å². The molecule has 0 aromatic rings. The van der Waals surface area contributed by atoms with E-state index in [1.807, 2.05) is 0 Å². The monoisotopic (exact) mass is 1210 g/mol. The van der Waals surface area contributed by atoms with Crippen LogP contribution in [0.1, 0.15) is 450 Å². The van der Waals surface area contributed by atoms with Gasteiger partial charge in [-0.15, -0.1) is 0 Å². The lowest BCUT2D eigenvalue weighted by molar-refractivity contribution is -0.143. The molecule has 0 bridgehead atoms. The van der Waals surface area contributed by atoms with E-state index in [-0.39, 0.29) is 18.5 Å². The Morgan fingerprint density at radius 1 is 0.326 bits per heavy atom. The van der Waals surface area contributed by atoms with Crippen molar-refractivity contribution in [2.45, 2.75) is 463 Å². The van der Waals surface area contributed by atoms with E-state index in [4.69, 9.17) is 4.74 Å². The summed E-state index contributed by atoms with van der Waals surface area (Å²) in [6.45, 7) is 5.01. The SMILES string of the molecule is CCCCCCCCCCCCCCCCCCCCCCC(O)C(CO)NC(=O)CCCCCCCCCCCCCCCCCCC/C=C\C/C=C\CCCCCCCCCCCCCOC(=O)CCCCCCCCCCCCCCCC. The number of unbranched alkanes of at least 4 members (excludes halogenated alkanes) is 60. The summed E-state index contributed by atoms with van der Waals surface area (Å²) in [5.41, 5.74) is 0. The molecule has 0 rings (SSSR count). The molecule has 3 N–H and O–H groups in total. The second-order valence-electron chi connectivity index (χ2n) is 27.4. The molecule has 0 aromatic carbocycles. The van der Waals surface area contributed by atoms with Gasteiger partial charge >= 0.3 is 5.97 Å². The molecule has 0 aliphatic rings. The van der Waals surface area contributed by atoms with Gasteiger partial charge in [0.1, 0.15) is 0 Å². The van der Waals surface area contributed by atoms with Gasteiger partial charge in [-0.2, -0.15) is 0 Å². The van der Waals surface area contributed by atoms with Crippen LogP contribution in [-0.4, -0.2) is 47.4 Å². The minimum absolute atomic E-state index is 0.0200. The van der Waals surface area contributed by atoms with Gasteiger partial charge < -0.3 is 20.3 Å². The largest absolute Gasteiger partial charge is 0.466 e. The first-order valence-electron chi connectivity index (χ1n) is 39.6. The highest BCUT2D eigenvalue weighted by Gasteiger charge is 2.20. The maximum atomic E-state index is 12.6. The van der Waals surface area contributed by atoms with Gasteiger partial charge in [-0.05, 0) is 57.8 Å². The topological polar surface area (TPSA) is 95.9 Å². The van der Waals surface area contributed by atoms with Crippen LogP contribution in [0.5, 0.6) is 0 Å². The van der Waals surface area contributed by atoms with Crippen molar-refractivity contribution in [3.05, 3.63) is 24.3 Å². The molecule has 86 heavy (non-hydrogen) atoms. The van der Waals surface area contributed by atoms with Crippen molar-refractivity contribution in [2.75, 3.05) is 13.2 Å². The predicted molar refractivity (Wildman–Crippen MR) is 380 cm³/mol.